The number of nitrogens with zero attached hydrogens (tertiary/aromatic N) is 4. The molecule has 0 atom stereocenters. The van der Waals surface area contributed by atoms with Crippen molar-refractivity contribution in [2.75, 3.05) is 0 Å². The van der Waals surface area contributed by atoms with Gasteiger partial charge in [0.2, 0.25) is 5.82 Å². The minimum absolute atomic E-state index is 0.318. The molecule has 0 saturated heterocycles. The number of thiophene rings is 1. The molecule has 0 amide bonds. The lowest BCUT2D eigenvalue weighted by Gasteiger charge is -2.03. The fourth-order valence-electron chi connectivity index (χ4n) is 3.76. The van der Waals surface area contributed by atoms with Crippen LogP contribution in [0.4, 0.5) is 0 Å². The first-order valence-electron chi connectivity index (χ1n) is 9.38. The van der Waals surface area contributed by atoms with Gasteiger partial charge in [0.05, 0.1) is 5.39 Å². The smallest absolute Gasteiger partial charge is 0.217 e. The predicted molar refractivity (Wildman–Crippen MR) is 112 cm³/mol. The van der Waals surface area contributed by atoms with E-state index in [1.807, 2.05) is 24.3 Å². The van der Waals surface area contributed by atoms with Crippen LogP contribution in [0.2, 0.25) is 5.02 Å². The number of furan rings is 1. The molecule has 1 aliphatic carbocycles. The van der Waals surface area contributed by atoms with Crippen molar-refractivity contribution in [3.8, 4) is 17.3 Å². The summed E-state index contributed by atoms with van der Waals surface area (Å²) in [5, 5.41) is 6.39. The summed E-state index contributed by atoms with van der Waals surface area (Å²) in [4.78, 5) is 11.8. The monoisotopic (exact) mass is 422 g/mol. The number of fused-ring (bicyclic) bond motifs is 5. The largest absolute Gasteiger partial charge is 0.486 e. The van der Waals surface area contributed by atoms with Crippen LogP contribution in [0.3, 0.4) is 0 Å². The SMILES string of the molecule is Clc1ccc(OCc2ccc(-c3nc4c5c6c(sc5ncn4n3)CCC6)o2)cc1. The van der Waals surface area contributed by atoms with Gasteiger partial charge in [-0.15, -0.1) is 16.4 Å². The van der Waals surface area contributed by atoms with Crippen LogP contribution in [0.1, 0.15) is 22.6 Å². The summed E-state index contributed by atoms with van der Waals surface area (Å²) in [6, 6.07) is 11.0. The summed E-state index contributed by atoms with van der Waals surface area (Å²) in [5.41, 5.74) is 2.23. The zero-order valence-corrected chi connectivity index (χ0v) is 16.8. The van der Waals surface area contributed by atoms with Gasteiger partial charge in [-0.05, 0) is 61.2 Å². The molecule has 8 heteroatoms. The van der Waals surface area contributed by atoms with E-state index in [0.29, 0.717) is 29.0 Å². The second-order valence-corrected chi connectivity index (χ2v) is 8.51. The highest BCUT2D eigenvalue weighted by Crippen LogP contribution is 2.38. The number of benzene rings is 1. The normalized spacial score (nSPS) is 13.4. The van der Waals surface area contributed by atoms with Gasteiger partial charge in [0.25, 0.3) is 0 Å². The Kier molecular flexibility index (Phi) is 3.85. The number of aromatic nitrogens is 4. The molecule has 5 aromatic rings. The average molecular weight is 423 g/mol. The van der Waals surface area contributed by atoms with Gasteiger partial charge in [-0.1, -0.05) is 11.6 Å². The molecule has 0 saturated carbocycles. The van der Waals surface area contributed by atoms with E-state index < -0.39 is 0 Å². The molecule has 0 spiro atoms. The van der Waals surface area contributed by atoms with Crippen molar-refractivity contribution in [2.45, 2.75) is 25.9 Å². The van der Waals surface area contributed by atoms with Gasteiger partial charge in [0.1, 0.15) is 29.3 Å². The van der Waals surface area contributed by atoms with Crippen LogP contribution in [0.25, 0.3) is 27.4 Å². The number of halogens is 1. The summed E-state index contributed by atoms with van der Waals surface area (Å²) in [5.74, 6) is 2.60. The Bertz CT molecular complexity index is 1350. The van der Waals surface area contributed by atoms with Crippen molar-refractivity contribution in [2.24, 2.45) is 0 Å². The van der Waals surface area contributed by atoms with Gasteiger partial charge in [-0.3, -0.25) is 0 Å². The zero-order valence-electron chi connectivity index (χ0n) is 15.3. The molecule has 6 nitrogen and oxygen atoms in total. The maximum Gasteiger partial charge on any atom is 0.217 e. The summed E-state index contributed by atoms with van der Waals surface area (Å²) >= 11 is 7.68. The topological polar surface area (TPSA) is 65.5 Å². The minimum atomic E-state index is 0.318. The molecule has 0 aliphatic heterocycles. The molecule has 1 aliphatic rings. The van der Waals surface area contributed by atoms with E-state index in [1.165, 1.54) is 16.9 Å². The zero-order chi connectivity index (χ0) is 19.4. The minimum Gasteiger partial charge on any atom is -0.486 e. The van der Waals surface area contributed by atoms with Crippen molar-refractivity contribution in [3.05, 3.63) is 63.9 Å². The summed E-state index contributed by atoms with van der Waals surface area (Å²) in [6.07, 6.45) is 5.16. The third kappa shape index (κ3) is 2.89. The molecule has 29 heavy (non-hydrogen) atoms. The van der Waals surface area contributed by atoms with E-state index in [1.54, 1.807) is 34.3 Å². The Morgan fingerprint density at radius 3 is 2.93 bits per heavy atom. The van der Waals surface area contributed by atoms with Gasteiger partial charge in [0, 0.05) is 9.90 Å². The highest BCUT2D eigenvalue weighted by atomic mass is 35.5. The molecule has 0 radical (unpaired) electrons. The number of ether oxygens (including phenoxy) is 1. The average Bonchev–Trinajstić information content (AvgIpc) is 3.48. The van der Waals surface area contributed by atoms with Crippen LogP contribution in [-0.2, 0) is 19.4 Å². The standard InChI is InChI=1S/C21H15ClN4O2S/c22-12-4-6-13(7-5-12)27-10-14-8-9-16(28-14)19-24-20-18-15-2-1-3-17(15)29-21(18)23-11-26(20)25-19/h4-9,11H,1-3,10H2. The van der Waals surface area contributed by atoms with Gasteiger partial charge >= 0.3 is 0 Å². The first-order chi connectivity index (χ1) is 14.2. The quantitative estimate of drug-likeness (QED) is 0.392. The second-order valence-electron chi connectivity index (χ2n) is 6.99. The third-order valence-electron chi connectivity index (χ3n) is 5.12. The third-order valence-corrected chi connectivity index (χ3v) is 6.57. The van der Waals surface area contributed by atoms with Crippen molar-refractivity contribution in [1.82, 2.24) is 19.6 Å². The Hall–Kier alpha value is -2.90. The molecule has 1 aromatic carbocycles. The Morgan fingerprint density at radius 2 is 2.03 bits per heavy atom. The first-order valence-corrected chi connectivity index (χ1v) is 10.6. The molecule has 0 N–H and O–H groups in total. The Morgan fingerprint density at radius 1 is 1.14 bits per heavy atom. The molecule has 0 fully saturated rings. The maximum atomic E-state index is 5.92. The molecule has 144 valence electrons. The number of aryl methyl sites for hydroxylation is 2. The molecular formula is C21H15ClN4O2S. The van der Waals surface area contributed by atoms with Gasteiger partial charge in [-0.25, -0.2) is 14.5 Å². The van der Waals surface area contributed by atoms with Crippen LogP contribution >= 0.6 is 22.9 Å². The molecular weight excluding hydrogens is 408 g/mol. The van der Waals surface area contributed by atoms with E-state index in [9.17, 15) is 0 Å². The number of hydrogen-bond donors (Lipinski definition) is 0. The lowest BCUT2D eigenvalue weighted by atomic mass is 10.2. The van der Waals surface area contributed by atoms with E-state index in [2.05, 4.69) is 10.1 Å². The lowest BCUT2D eigenvalue weighted by Crippen LogP contribution is -1.93. The molecule has 4 heterocycles. The lowest BCUT2D eigenvalue weighted by molar-refractivity contribution is 0.272. The Labute approximate surface area is 174 Å². The van der Waals surface area contributed by atoms with Crippen molar-refractivity contribution in [1.29, 1.82) is 0 Å². The highest BCUT2D eigenvalue weighted by Gasteiger charge is 2.22. The van der Waals surface area contributed by atoms with Gasteiger partial charge in [-0.2, -0.15) is 0 Å². The van der Waals surface area contributed by atoms with E-state index in [4.69, 9.17) is 25.7 Å². The fraction of sp³-hybridized carbons (Fsp3) is 0.190. The Balaban J connectivity index is 1.31. The summed E-state index contributed by atoms with van der Waals surface area (Å²) in [7, 11) is 0. The summed E-state index contributed by atoms with van der Waals surface area (Å²) in [6.45, 7) is 0.318. The fourth-order valence-corrected chi connectivity index (χ4v) is 5.11. The molecule has 0 unspecified atom stereocenters. The van der Waals surface area contributed by atoms with Crippen molar-refractivity contribution in [3.63, 3.8) is 0 Å². The van der Waals surface area contributed by atoms with Crippen LogP contribution in [-0.4, -0.2) is 19.6 Å². The van der Waals surface area contributed by atoms with Crippen LogP contribution in [0.15, 0.2) is 47.1 Å². The number of hydrogen-bond acceptors (Lipinski definition) is 6. The van der Waals surface area contributed by atoms with E-state index >= 15 is 0 Å². The molecule has 4 aromatic heterocycles. The highest BCUT2D eigenvalue weighted by molar-refractivity contribution is 7.19. The van der Waals surface area contributed by atoms with Crippen LogP contribution in [0, 0.1) is 0 Å². The maximum absolute atomic E-state index is 5.92. The molecule has 0 bridgehead atoms. The summed E-state index contributed by atoms with van der Waals surface area (Å²) < 4.78 is 13.4. The number of rotatable bonds is 4. The van der Waals surface area contributed by atoms with Crippen LogP contribution in [0.5, 0.6) is 5.75 Å². The van der Waals surface area contributed by atoms with Crippen LogP contribution < -0.4 is 4.74 Å². The second kappa shape index (κ2) is 6.57. The predicted octanol–water partition coefficient (Wildman–Crippen LogP) is 5.32. The van der Waals surface area contributed by atoms with E-state index in [-0.39, 0.29) is 0 Å². The van der Waals surface area contributed by atoms with E-state index in [0.717, 1.165) is 34.5 Å². The van der Waals surface area contributed by atoms with Crippen molar-refractivity contribution >= 4 is 38.8 Å². The van der Waals surface area contributed by atoms with Gasteiger partial charge < -0.3 is 9.15 Å². The first kappa shape index (κ1) is 17.0. The van der Waals surface area contributed by atoms with Crippen molar-refractivity contribution < 1.29 is 9.15 Å². The van der Waals surface area contributed by atoms with Gasteiger partial charge in [0.15, 0.2) is 11.4 Å². The molecule has 6 rings (SSSR count).